The lowest BCUT2D eigenvalue weighted by Gasteiger charge is -2.45. The highest BCUT2D eigenvalue weighted by molar-refractivity contribution is 5.42. The SMILES string of the molecule is CC(c1ncno1)N(C)C1CN(c2ccc(C(C)(C)C)nn2)C1. The van der Waals surface area contributed by atoms with Crippen molar-refractivity contribution in [3.63, 3.8) is 0 Å². The van der Waals surface area contributed by atoms with Crippen molar-refractivity contribution in [3.05, 3.63) is 30.0 Å². The van der Waals surface area contributed by atoms with Gasteiger partial charge in [0.25, 0.3) is 0 Å². The second kappa shape index (κ2) is 5.88. The molecule has 23 heavy (non-hydrogen) atoms. The normalized spacial score (nSPS) is 17.4. The van der Waals surface area contributed by atoms with Gasteiger partial charge in [0.15, 0.2) is 12.1 Å². The molecule has 1 fully saturated rings. The number of nitrogens with zero attached hydrogens (tertiary/aromatic N) is 6. The Labute approximate surface area is 136 Å². The van der Waals surface area contributed by atoms with Crippen molar-refractivity contribution in [1.29, 1.82) is 0 Å². The molecule has 124 valence electrons. The Morgan fingerprint density at radius 1 is 1.26 bits per heavy atom. The van der Waals surface area contributed by atoms with Crippen LogP contribution in [0.5, 0.6) is 0 Å². The average molecular weight is 316 g/mol. The summed E-state index contributed by atoms with van der Waals surface area (Å²) in [5, 5.41) is 12.4. The van der Waals surface area contributed by atoms with E-state index in [4.69, 9.17) is 4.52 Å². The standard InChI is InChI=1S/C16H24N6O/c1-11(15-17-10-18-23-15)21(5)12-8-22(9-12)14-7-6-13(19-20-14)16(2,3)4/h6-7,10-12H,8-9H2,1-5H3. The van der Waals surface area contributed by atoms with Crippen LogP contribution in [-0.4, -0.2) is 51.4 Å². The molecule has 0 spiro atoms. The third kappa shape index (κ3) is 3.19. The zero-order valence-electron chi connectivity index (χ0n) is 14.4. The lowest BCUT2D eigenvalue weighted by atomic mass is 9.92. The topological polar surface area (TPSA) is 71.2 Å². The fourth-order valence-corrected chi connectivity index (χ4v) is 2.65. The van der Waals surface area contributed by atoms with E-state index < -0.39 is 0 Å². The number of hydrogen-bond donors (Lipinski definition) is 0. The average Bonchev–Trinajstić information content (AvgIpc) is 2.98. The summed E-state index contributed by atoms with van der Waals surface area (Å²) in [7, 11) is 2.09. The molecule has 3 rings (SSSR count). The maximum atomic E-state index is 5.15. The Hall–Kier alpha value is -2.02. The first-order valence-corrected chi connectivity index (χ1v) is 7.94. The van der Waals surface area contributed by atoms with E-state index in [1.54, 1.807) is 0 Å². The largest absolute Gasteiger partial charge is 0.352 e. The van der Waals surface area contributed by atoms with E-state index in [-0.39, 0.29) is 11.5 Å². The molecule has 0 aliphatic carbocycles. The lowest BCUT2D eigenvalue weighted by molar-refractivity contribution is 0.131. The molecular formula is C16H24N6O. The molecule has 0 bridgehead atoms. The van der Waals surface area contributed by atoms with Crippen molar-refractivity contribution in [1.82, 2.24) is 25.2 Å². The van der Waals surface area contributed by atoms with E-state index in [0.717, 1.165) is 24.6 Å². The van der Waals surface area contributed by atoms with Gasteiger partial charge in [-0.1, -0.05) is 25.9 Å². The molecule has 1 saturated heterocycles. The van der Waals surface area contributed by atoms with Gasteiger partial charge in [-0.05, 0) is 26.1 Å². The number of anilines is 1. The summed E-state index contributed by atoms with van der Waals surface area (Å²) < 4.78 is 5.15. The predicted molar refractivity (Wildman–Crippen MR) is 87.2 cm³/mol. The molecule has 0 N–H and O–H groups in total. The molecular weight excluding hydrogens is 292 g/mol. The zero-order chi connectivity index (χ0) is 16.6. The van der Waals surface area contributed by atoms with Gasteiger partial charge < -0.3 is 9.42 Å². The van der Waals surface area contributed by atoms with Crippen LogP contribution in [0.4, 0.5) is 5.82 Å². The number of rotatable bonds is 4. The minimum Gasteiger partial charge on any atom is -0.352 e. The van der Waals surface area contributed by atoms with Gasteiger partial charge in [0.2, 0.25) is 5.89 Å². The minimum atomic E-state index is 0.0305. The molecule has 2 aromatic rings. The van der Waals surface area contributed by atoms with Gasteiger partial charge in [0.1, 0.15) is 0 Å². The summed E-state index contributed by atoms with van der Waals surface area (Å²) in [6, 6.07) is 4.69. The van der Waals surface area contributed by atoms with Gasteiger partial charge in [0, 0.05) is 24.5 Å². The Kier molecular flexibility index (Phi) is 4.06. The molecule has 0 radical (unpaired) electrons. The fourth-order valence-electron chi connectivity index (χ4n) is 2.65. The molecule has 1 atom stereocenters. The number of hydrogen-bond acceptors (Lipinski definition) is 7. The van der Waals surface area contributed by atoms with E-state index in [1.165, 1.54) is 6.33 Å². The molecule has 0 saturated carbocycles. The fraction of sp³-hybridized carbons (Fsp3) is 0.625. The van der Waals surface area contributed by atoms with Gasteiger partial charge in [-0.15, -0.1) is 5.10 Å². The Balaban J connectivity index is 1.58. The zero-order valence-corrected chi connectivity index (χ0v) is 14.4. The minimum absolute atomic E-state index is 0.0305. The van der Waals surface area contributed by atoms with Crippen LogP contribution >= 0.6 is 0 Å². The van der Waals surface area contributed by atoms with Gasteiger partial charge in [-0.2, -0.15) is 10.1 Å². The monoisotopic (exact) mass is 316 g/mol. The van der Waals surface area contributed by atoms with Crippen molar-refractivity contribution in [3.8, 4) is 0 Å². The maximum Gasteiger partial charge on any atom is 0.243 e. The lowest BCUT2D eigenvalue weighted by Crippen LogP contribution is -2.59. The highest BCUT2D eigenvalue weighted by atomic mass is 16.5. The smallest absolute Gasteiger partial charge is 0.243 e. The molecule has 2 aromatic heterocycles. The van der Waals surface area contributed by atoms with E-state index in [9.17, 15) is 0 Å². The van der Waals surface area contributed by atoms with E-state index in [1.807, 2.05) is 0 Å². The Morgan fingerprint density at radius 2 is 2.00 bits per heavy atom. The summed E-state index contributed by atoms with van der Waals surface area (Å²) in [4.78, 5) is 8.63. The van der Waals surface area contributed by atoms with Crippen LogP contribution in [0.25, 0.3) is 0 Å². The van der Waals surface area contributed by atoms with E-state index in [2.05, 4.69) is 77.0 Å². The summed E-state index contributed by atoms with van der Waals surface area (Å²) in [5.41, 5.74) is 1.04. The van der Waals surface area contributed by atoms with Crippen molar-refractivity contribution < 1.29 is 4.52 Å². The second-order valence-corrected chi connectivity index (χ2v) is 7.21. The molecule has 7 nitrogen and oxygen atoms in total. The first-order chi connectivity index (χ1) is 10.9. The molecule has 0 aromatic carbocycles. The first kappa shape index (κ1) is 15.9. The van der Waals surface area contributed by atoms with Crippen LogP contribution in [0.3, 0.4) is 0 Å². The van der Waals surface area contributed by atoms with Crippen molar-refractivity contribution in [2.45, 2.75) is 45.2 Å². The molecule has 1 unspecified atom stereocenters. The predicted octanol–water partition coefficient (Wildman–Crippen LogP) is 2.04. The van der Waals surface area contributed by atoms with E-state index >= 15 is 0 Å². The molecule has 1 aliphatic rings. The van der Waals surface area contributed by atoms with Gasteiger partial charge in [0.05, 0.1) is 11.7 Å². The van der Waals surface area contributed by atoms with Crippen molar-refractivity contribution in [2.24, 2.45) is 0 Å². The molecule has 3 heterocycles. The van der Waals surface area contributed by atoms with Gasteiger partial charge in [-0.25, -0.2) is 0 Å². The van der Waals surface area contributed by atoms with Gasteiger partial charge >= 0.3 is 0 Å². The van der Waals surface area contributed by atoms with Crippen LogP contribution in [-0.2, 0) is 5.41 Å². The van der Waals surface area contributed by atoms with Crippen molar-refractivity contribution in [2.75, 3.05) is 25.0 Å². The van der Waals surface area contributed by atoms with Crippen LogP contribution in [0.2, 0.25) is 0 Å². The van der Waals surface area contributed by atoms with E-state index in [0.29, 0.717) is 11.9 Å². The van der Waals surface area contributed by atoms with Crippen LogP contribution in [0, 0.1) is 0 Å². The maximum absolute atomic E-state index is 5.15. The number of aromatic nitrogens is 4. The summed E-state index contributed by atoms with van der Waals surface area (Å²) in [5.74, 6) is 1.59. The van der Waals surface area contributed by atoms with Gasteiger partial charge in [-0.3, -0.25) is 4.90 Å². The highest BCUT2D eigenvalue weighted by Gasteiger charge is 2.34. The van der Waals surface area contributed by atoms with Crippen LogP contribution < -0.4 is 4.90 Å². The second-order valence-electron chi connectivity index (χ2n) is 7.21. The highest BCUT2D eigenvalue weighted by Crippen LogP contribution is 2.27. The van der Waals surface area contributed by atoms with Crippen molar-refractivity contribution >= 4 is 5.82 Å². The summed E-state index contributed by atoms with van der Waals surface area (Å²) in [6.45, 7) is 10.4. The molecule has 7 heteroatoms. The summed E-state index contributed by atoms with van der Waals surface area (Å²) >= 11 is 0. The number of likely N-dealkylation sites (N-methyl/N-ethyl adjacent to an activating group) is 1. The molecule has 1 aliphatic heterocycles. The Morgan fingerprint density at radius 3 is 2.52 bits per heavy atom. The van der Waals surface area contributed by atoms with Crippen LogP contribution in [0.15, 0.2) is 23.0 Å². The van der Waals surface area contributed by atoms with Crippen LogP contribution in [0.1, 0.15) is 45.3 Å². The third-order valence-corrected chi connectivity index (χ3v) is 4.53. The third-order valence-electron chi connectivity index (χ3n) is 4.53. The quantitative estimate of drug-likeness (QED) is 0.854. The summed E-state index contributed by atoms with van der Waals surface area (Å²) in [6.07, 6.45) is 1.44. The Bertz CT molecular complexity index is 628. The first-order valence-electron chi connectivity index (χ1n) is 7.94. The molecule has 0 amide bonds.